The van der Waals surface area contributed by atoms with E-state index in [1.165, 1.54) is 12.1 Å². The van der Waals surface area contributed by atoms with E-state index in [0.29, 0.717) is 11.6 Å². The summed E-state index contributed by atoms with van der Waals surface area (Å²) in [6.45, 7) is 2.30. The highest BCUT2D eigenvalue weighted by Gasteiger charge is 2.13. The van der Waals surface area contributed by atoms with Crippen molar-refractivity contribution in [3.05, 3.63) is 62.8 Å². The Balaban J connectivity index is 2.28. The lowest BCUT2D eigenvalue weighted by atomic mass is 10.0. The van der Waals surface area contributed by atoms with Gasteiger partial charge in [0.05, 0.1) is 11.1 Å². The van der Waals surface area contributed by atoms with Crippen LogP contribution in [-0.2, 0) is 0 Å². The number of nitrogens with one attached hydrogen (secondary N) is 1. The highest BCUT2D eigenvalue weighted by molar-refractivity contribution is 9.10. The van der Waals surface area contributed by atoms with Gasteiger partial charge in [0, 0.05) is 16.7 Å². The minimum absolute atomic E-state index is 0.164. The molecule has 0 aliphatic carbocycles. The summed E-state index contributed by atoms with van der Waals surface area (Å²) in [6.07, 6.45) is 0. The zero-order valence-electron chi connectivity index (χ0n) is 11.0. The molecule has 2 nitrogen and oxygen atoms in total. The van der Waals surface area contributed by atoms with Gasteiger partial charge in [0.15, 0.2) is 0 Å². The van der Waals surface area contributed by atoms with Crippen LogP contribution in [0.2, 0.25) is 5.02 Å². The molecule has 0 aliphatic heterocycles. The third-order valence-electron chi connectivity index (χ3n) is 3.11. The van der Waals surface area contributed by atoms with Crippen LogP contribution >= 0.6 is 27.5 Å². The van der Waals surface area contributed by atoms with E-state index >= 15 is 0 Å². The summed E-state index contributed by atoms with van der Waals surface area (Å²) in [5, 5.41) is 3.90. The molecule has 0 saturated carbocycles. The number of rotatable bonds is 4. The third-order valence-corrected chi connectivity index (χ3v) is 4.35. The van der Waals surface area contributed by atoms with Crippen molar-refractivity contribution in [2.24, 2.45) is 5.73 Å². The Hall–Kier alpha value is -1.10. The molecule has 2 rings (SSSR count). The Morgan fingerprint density at radius 2 is 2.05 bits per heavy atom. The lowest BCUT2D eigenvalue weighted by molar-refractivity contribution is 0.621. The summed E-state index contributed by atoms with van der Waals surface area (Å²) in [6, 6.07) is 10.1. The average molecular weight is 358 g/mol. The van der Waals surface area contributed by atoms with Crippen molar-refractivity contribution in [3.63, 3.8) is 0 Å². The topological polar surface area (TPSA) is 38.0 Å². The van der Waals surface area contributed by atoms with E-state index in [9.17, 15) is 4.39 Å². The quantitative estimate of drug-likeness (QED) is 0.835. The molecular weight excluding hydrogens is 343 g/mol. The highest BCUT2D eigenvalue weighted by atomic mass is 79.9. The van der Waals surface area contributed by atoms with Crippen LogP contribution in [0.15, 0.2) is 40.9 Å². The Bertz CT molecular complexity index is 619. The van der Waals surface area contributed by atoms with Crippen LogP contribution in [0.25, 0.3) is 0 Å². The Kier molecular flexibility index (Phi) is 5.02. The van der Waals surface area contributed by atoms with E-state index in [1.54, 1.807) is 6.07 Å². The maximum absolute atomic E-state index is 13.4. The van der Waals surface area contributed by atoms with Gasteiger partial charge in [-0.15, -0.1) is 0 Å². The molecule has 0 spiro atoms. The standard InChI is InChI=1S/C15H15BrClFN2/c1-9-2-3-10(18)6-12(9)15(8-19)20-11-4-5-13(16)14(17)7-11/h2-7,15,20H,8,19H2,1H3. The molecule has 0 aliphatic rings. The van der Waals surface area contributed by atoms with Crippen LogP contribution in [0, 0.1) is 12.7 Å². The van der Waals surface area contributed by atoms with E-state index in [1.807, 2.05) is 25.1 Å². The monoisotopic (exact) mass is 356 g/mol. The number of anilines is 1. The Morgan fingerprint density at radius 3 is 2.70 bits per heavy atom. The normalized spacial score (nSPS) is 12.2. The molecule has 2 aromatic rings. The molecule has 0 fully saturated rings. The first-order valence-corrected chi connectivity index (χ1v) is 7.36. The fourth-order valence-corrected chi connectivity index (χ4v) is 2.46. The number of aryl methyl sites for hydroxylation is 1. The molecule has 0 amide bonds. The van der Waals surface area contributed by atoms with Gasteiger partial charge in [-0.3, -0.25) is 0 Å². The molecule has 0 bridgehead atoms. The van der Waals surface area contributed by atoms with Crippen LogP contribution < -0.4 is 11.1 Å². The van der Waals surface area contributed by atoms with Gasteiger partial charge in [-0.2, -0.15) is 0 Å². The number of halogens is 3. The van der Waals surface area contributed by atoms with Gasteiger partial charge >= 0.3 is 0 Å². The van der Waals surface area contributed by atoms with Gasteiger partial charge in [-0.05, 0) is 64.3 Å². The van der Waals surface area contributed by atoms with E-state index < -0.39 is 0 Å². The zero-order valence-corrected chi connectivity index (χ0v) is 13.3. The van der Waals surface area contributed by atoms with E-state index in [-0.39, 0.29) is 11.9 Å². The molecule has 0 radical (unpaired) electrons. The maximum atomic E-state index is 13.4. The van der Waals surface area contributed by atoms with Gasteiger partial charge in [0.1, 0.15) is 5.82 Å². The number of benzene rings is 2. The second-order valence-corrected chi connectivity index (χ2v) is 5.82. The molecule has 106 valence electrons. The number of hydrogen-bond donors (Lipinski definition) is 2. The smallest absolute Gasteiger partial charge is 0.123 e. The summed E-state index contributed by atoms with van der Waals surface area (Å²) < 4.78 is 14.2. The maximum Gasteiger partial charge on any atom is 0.123 e. The first-order valence-electron chi connectivity index (χ1n) is 6.19. The van der Waals surface area contributed by atoms with Gasteiger partial charge in [-0.1, -0.05) is 17.7 Å². The third kappa shape index (κ3) is 3.51. The fraction of sp³-hybridized carbons (Fsp3) is 0.200. The van der Waals surface area contributed by atoms with E-state index in [0.717, 1.165) is 21.3 Å². The summed E-state index contributed by atoms with van der Waals surface area (Å²) in [4.78, 5) is 0. The molecule has 1 atom stereocenters. The van der Waals surface area contributed by atoms with Crippen LogP contribution in [0.3, 0.4) is 0 Å². The van der Waals surface area contributed by atoms with Gasteiger partial charge < -0.3 is 11.1 Å². The fourth-order valence-electron chi connectivity index (χ4n) is 2.04. The van der Waals surface area contributed by atoms with Gasteiger partial charge in [-0.25, -0.2) is 4.39 Å². The molecule has 0 heterocycles. The first-order chi connectivity index (χ1) is 9.51. The van der Waals surface area contributed by atoms with Crippen molar-refractivity contribution in [1.82, 2.24) is 0 Å². The molecule has 2 aromatic carbocycles. The minimum atomic E-state index is -0.264. The number of hydrogen-bond acceptors (Lipinski definition) is 2. The molecular formula is C15H15BrClFN2. The predicted octanol–water partition coefficient (Wildman–Crippen LogP) is 4.66. The van der Waals surface area contributed by atoms with Crippen molar-refractivity contribution in [2.45, 2.75) is 13.0 Å². The Morgan fingerprint density at radius 1 is 1.30 bits per heavy atom. The molecule has 20 heavy (non-hydrogen) atoms. The summed E-state index contributed by atoms with van der Waals surface area (Å²) in [5.41, 5.74) is 8.51. The molecule has 1 unspecified atom stereocenters. The van der Waals surface area contributed by atoms with Crippen LogP contribution in [-0.4, -0.2) is 6.54 Å². The van der Waals surface area contributed by atoms with Crippen molar-refractivity contribution in [2.75, 3.05) is 11.9 Å². The molecule has 0 aromatic heterocycles. The molecule has 0 saturated heterocycles. The molecule has 3 N–H and O–H groups in total. The highest BCUT2D eigenvalue weighted by Crippen LogP contribution is 2.28. The lowest BCUT2D eigenvalue weighted by Crippen LogP contribution is -2.21. The van der Waals surface area contributed by atoms with Crippen molar-refractivity contribution in [3.8, 4) is 0 Å². The SMILES string of the molecule is Cc1ccc(F)cc1C(CN)Nc1ccc(Br)c(Cl)c1. The minimum Gasteiger partial charge on any atom is -0.377 e. The van der Waals surface area contributed by atoms with Crippen LogP contribution in [0.5, 0.6) is 0 Å². The van der Waals surface area contributed by atoms with E-state index in [2.05, 4.69) is 21.2 Å². The summed E-state index contributed by atoms with van der Waals surface area (Å²) >= 11 is 9.41. The van der Waals surface area contributed by atoms with Gasteiger partial charge in [0.2, 0.25) is 0 Å². The van der Waals surface area contributed by atoms with Gasteiger partial charge in [0.25, 0.3) is 0 Å². The zero-order chi connectivity index (χ0) is 14.7. The summed E-state index contributed by atoms with van der Waals surface area (Å²) in [7, 11) is 0. The number of nitrogens with two attached hydrogens (primary N) is 1. The second-order valence-electron chi connectivity index (χ2n) is 4.56. The summed E-state index contributed by atoms with van der Waals surface area (Å²) in [5.74, 6) is -0.264. The van der Waals surface area contributed by atoms with Crippen molar-refractivity contribution in [1.29, 1.82) is 0 Å². The second kappa shape index (κ2) is 6.57. The van der Waals surface area contributed by atoms with Crippen LogP contribution in [0.1, 0.15) is 17.2 Å². The largest absolute Gasteiger partial charge is 0.377 e. The first kappa shape index (κ1) is 15.3. The van der Waals surface area contributed by atoms with Crippen molar-refractivity contribution < 1.29 is 4.39 Å². The predicted molar refractivity (Wildman–Crippen MR) is 85.7 cm³/mol. The molecule has 5 heteroatoms. The van der Waals surface area contributed by atoms with Crippen molar-refractivity contribution >= 4 is 33.2 Å². The average Bonchev–Trinajstić information content (AvgIpc) is 2.43. The Labute approximate surface area is 131 Å². The van der Waals surface area contributed by atoms with E-state index in [4.69, 9.17) is 17.3 Å². The lowest BCUT2D eigenvalue weighted by Gasteiger charge is -2.21. The van der Waals surface area contributed by atoms with Crippen LogP contribution in [0.4, 0.5) is 10.1 Å².